The van der Waals surface area contributed by atoms with Crippen molar-refractivity contribution in [3.05, 3.63) is 46.3 Å². The van der Waals surface area contributed by atoms with Crippen molar-refractivity contribution >= 4 is 29.2 Å². The van der Waals surface area contributed by atoms with Crippen LogP contribution in [0.25, 0.3) is 0 Å². The molecule has 2 aromatic rings. The summed E-state index contributed by atoms with van der Waals surface area (Å²) in [5.41, 5.74) is 1.17. The molecule has 0 aliphatic carbocycles. The molecular weight excluding hydrogens is 284 g/mol. The Bertz CT molecular complexity index is 666. The largest absolute Gasteiger partial charge is 0.465 e. The number of anilines is 1. The molecule has 1 aromatic heterocycles. The van der Waals surface area contributed by atoms with Crippen LogP contribution in [0.3, 0.4) is 0 Å². The molecule has 1 N–H and O–H groups in total. The lowest BCUT2D eigenvalue weighted by molar-refractivity contribution is 0.0600. The van der Waals surface area contributed by atoms with Crippen LogP contribution in [0.5, 0.6) is 0 Å². The molecular formula is C13H11ClN2O4. The maximum atomic E-state index is 12.0. The number of carbonyl (C=O) groups excluding carboxylic acids is 2. The Kier molecular flexibility index (Phi) is 4.05. The van der Waals surface area contributed by atoms with Crippen LogP contribution in [0.4, 0.5) is 5.69 Å². The molecule has 20 heavy (non-hydrogen) atoms. The first-order chi connectivity index (χ1) is 9.52. The van der Waals surface area contributed by atoms with Gasteiger partial charge >= 0.3 is 5.97 Å². The van der Waals surface area contributed by atoms with Gasteiger partial charge in [-0.3, -0.25) is 4.79 Å². The Morgan fingerprint density at radius 3 is 2.75 bits per heavy atom. The fraction of sp³-hybridized carbons (Fsp3) is 0.154. The minimum Gasteiger partial charge on any atom is -0.465 e. The number of esters is 1. The van der Waals surface area contributed by atoms with E-state index in [1.54, 1.807) is 6.92 Å². The second-order valence-corrected chi connectivity index (χ2v) is 4.39. The number of amides is 1. The monoisotopic (exact) mass is 294 g/mol. The average Bonchev–Trinajstić information content (AvgIpc) is 2.86. The van der Waals surface area contributed by atoms with Gasteiger partial charge in [-0.1, -0.05) is 16.8 Å². The number of hydrogen-bond donors (Lipinski definition) is 1. The molecule has 0 radical (unpaired) electrons. The van der Waals surface area contributed by atoms with E-state index in [0.29, 0.717) is 10.6 Å². The molecule has 104 valence electrons. The van der Waals surface area contributed by atoms with E-state index in [9.17, 15) is 9.59 Å². The highest BCUT2D eigenvalue weighted by molar-refractivity contribution is 6.34. The number of carbonyl (C=O) groups is 2. The van der Waals surface area contributed by atoms with E-state index in [1.165, 1.54) is 31.5 Å². The quantitative estimate of drug-likeness (QED) is 0.880. The molecule has 1 heterocycles. The van der Waals surface area contributed by atoms with Gasteiger partial charge in [0, 0.05) is 5.56 Å². The number of aryl methyl sites for hydroxylation is 1. The van der Waals surface area contributed by atoms with Crippen molar-refractivity contribution in [1.29, 1.82) is 0 Å². The summed E-state index contributed by atoms with van der Waals surface area (Å²) in [5.74, 6) is -0.929. The smallest absolute Gasteiger partial charge is 0.337 e. The number of nitrogens with one attached hydrogen (secondary N) is 1. The van der Waals surface area contributed by atoms with E-state index in [1.807, 2.05) is 0 Å². The van der Waals surface area contributed by atoms with Crippen molar-refractivity contribution in [2.45, 2.75) is 6.92 Å². The van der Waals surface area contributed by atoms with Gasteiger partial charge < -0.3 is 14.6 Å². The topological polar surface area (TPSA) is 81.4 Å². The molecule has 0 atom stereocenters. The fourth-order valence-electron chi connectivity index (χ4n) is 1.55. The number of nitrogens with zero attached hydrogens (tertiary/aromatic N) is 1. The van der Waals surface area contributed by atoms with E-state index in [0.717, 1.165) is 0 Å². The third-order valence-electron chi connectivity index (χ3n) is 2.59. The van der Waals surface area contributed by atoms with E-state index in [4.69, 9.17) is 16.1 Å². The van der Waals surface area contributed by atoms with Gasteiger partial charge in [0.25, 0.3) is 5.91 Å². The van der Waals surface area contributed by atoms with Crippen LogP contribution in [0.2, 0.25) is 5.02 Å². The average molecular weight is 295 g/mol. The molecule has 6 nitrogen and oxygen atoms in total. The number of halogens is 1. The van der Waals surface area contributed by atoms with Crippen LogP contribution >= 0.6 is 11.6 Å². The number of rotatable bonds is 3. The standard InChI is InChI=1S/C13H11ClN2O4/c1-7-6-15-20-11(7)12(17)16-10-5-8(13(18)19-2)3-4-9(10)14/h3-6H,1-2H3,(H,16,17). The summed E-state index contributed by atoms with van der Waals surface area (Å²) in [6.07, 6.45) is 1.43. The first-order valence-electron chi connectivity index (χ1n) is 5.63. The molecule has 0 bridgehead atoms. The molecule has 0 saturated heterocycles. The number of hydrogen-bond acceptors (Lipinski definition) is 5. The van der Waals surface area contributed by atoms with Crippen molar-refractivity contribution in [1.82, 2.24) is 5.16 Å². The zero-order chi connectivity index (χ0) is 14.7. The van der Waals surface area contributed by atoms with Crippen LogP contribution in [0.15, 0.2) is 28.9 Å². The summed E-state index contributed by atoms with van der Waals surface area (Å²) in [5, 5.41) is 6.38. The number of aromatic nitrogens is 1. The summed E-state index contributed by atoms with van der Waals surface area (Å²) < 4.78 is 9.44. The summed E-state index contributed by atoms with van der Waals surface area (Å²) >= 11 is 5.98. The molecule has 0 aliphatic rings. The number of methoxy groups -OCH3 is 1. The minimum atomic E-state index is -0.520. The van der Waals surface area contributed by atoms with Crippen LogP contribution in [-0.2, 0) is 4.74 Å². The molecule has 2 rings (SSSR count). The van der Waals surface area contributed by atoms with Gasteiger partial charge in [-0.15, -0.1) is 0 Å². The lowest BCUT2D eigenvalue weighted by Gasteiger charge is -2.07. The number of benzene rings is 1. The van der Waals surface area contributed by atoms with Gasteiger partial charge in [0.2, 0.25) is 5.76 Å². The fourth-order valence-corrected chi connectivity index (χ4v) is 1.72. The van der Waals surface area contributed by atoms with E-state index in [2.05, 4.69) is 15.2 Å². The van der Waals surface area contributed by atoms with E-state index in [-0.39, 0.29) is 17.0 Å². The second kappa shape index (κ2) is 5.75. The lowest BCUT2D eigenvalue weighted by atomic mass is 10.2. The highest BCUT2D eigenvalue weighted by Gasteiger charge is 2.17. The molecule has 1 aromatic carbocycles. The van der Waals surface area contributed by atoms with Crippen molar-refractivity contribution in [3.8, 4) is 0 Å². The molecule has 0 fully saturated rings. The number of ether oxygens (including phenoxy) is 1. The highest BCUT2D eigenvalue weighted by Crippen LogP contribution is 2.24. The predicted molar refractivity (Wildman–Crippen MR) is 72.0 cm³/mol. The van der Waals surface area contributed by atoms with E-state index < -0.39 is 11.9 Å². The molecule has 0 spiro atoms. The lowest BCUT2D eigenvalue weighted by Crippen LogP contribution is -2.13. The zero-order valence-electron chi connectivity index (χ0n) is 10.8. The van der Waals surface area contributed by atoms with Gasteiger partial charge in [0.1, 0.15) is 0 Å². The Balaban J connectivity index is 2.27. The molecule has 7 heteroatoms. The summed E-state index contributed by atoms with van der Waals surface area (Å²) in [4.78, 5) is 23.4. The van der Waals surface area contributed by atoms with Crippen LogP contribution in [-0.4, -0.2) is 24.1 Å². The normalized spacial score (nSPS) is 10.2. The molecule has 1 amide bonds. The predicted octanol–water partition coefficient (Wildman–Crippen LogP) is 2.68. The first kappa shape index (κ1) is 14.1. The Hall–Kier alpha value is -2.34. The summed E-state index contributed by atoms with van der Waals surface area (Å²) in [6.45, 7) is 1.69. The van der Waals surface area contributed by atoms with Crippen molar-refractivity contribution < 1.29 is 18.8 Å². The van der Waals surface area contributed by atoms with Crippen molar-refractivity contribution in [3.63, 3.8) is 0 Å². The second-order valence-electron chi connectivity index (χ2n) is 3.98. The summed E-state index contributed by atoms with van der Waals surface area (Å²) in [6, 6.07) is 4.43. The van der Waals surface area contributed by atoms with Crippen LogP contribution < -0.4 is 5.32 Å². The summed E-state index contributed by atoms with van der Waals surface area (Å²) in [7, 11) is 1.27. The molecule has 0 unspecified atom stereocenters. The van der Waals surface area contributed by atoms with Gasteiger partial charge in [-0.25, -0.2) is 4.79 Å². The van der Waals surface area contributed by atoms with E-state index >= 15 is 0 Å². The SMILES string of the molecule is COC(=O)c1ccc(Cl)c(NC(=O)c2oncc2C)c1. The highest BCUT2D eigenvalue weighted by atomic mass is 35.5. The molecule has 0 saturated carbocycles. The van der Waals surface area contributed by atoms with Crippen LogP contribution in [0.1, 0.15) is 26.5 Å². The zero-order valence-corrected chi connectivity index (χ0v) is 11.5. The third-order valence-corrected chi connectivity index (χ3v) is 2.92. The Morgan fingerprint density at radius 1 is 1.40 bits per heavy atom. The van der Waals surface area contributed by atoms with Crippen molar-refractivity contribution in [2.75, 3.05) is 12.4 Å². The van der Waals surface area contributed by atoms with Crippen molar-refractivity contribution in [2.24, 2.45) is 0 Å². The third kappa shape index (κ3) is 2.80. The molecule has 0 aliphatic heterocycles. The van der Waals surface area contributed by atoms with Gasteiger partial charge in [-0.05, 0) is 25.1 Å². The van der Waals surface area contributed by atoms with Gasteiger partial charge in [0.15, 0.2) is 0 Å². The van der Waals surface area contributed by atoms with Gasteiger partial charge in [0.05, 0.1) is 29.6 Å². The van der Waals surface area contributed by atoms with Gasteiger partial charge in [-0.2, -0.15) is 0 Å². The first-order valence-corrected chi connectivity index (χ1v) is 6.01. The Labute approximate surface area is 119 Å². The van der Waals surface area contributed by atoms with Crippen LogP contribution in [0, 0.1) is 6.92 Å². The minimum absolute atomic E-state index is 0.0875. The maximum absolute atomic E-state index is 12.0. The Morgan fingerprint density at radius 2 is 2.15 bits per heavy atom. The maximum Gasteiger partial charge on any atom is 0.337 e.